The summed E-state index contributed by atoms with van der Waals surface area (Å²) in [4.78, 5) is 2.56. The lowest BCUT2D eigenvalue weighted by Crippen LogP contribution is -2.24. The van der Waals surface area contributed by atoms with E-state index in [1.54, 1.807) is 0 Å². The Morgan fingerprint density at radius 1 is 0.463 bits per heavy atom. The number of benzene rings is 8. The molecule has 0 saturated heterocycles. The number of allylic oxidation sites excluding steroid dienone is 2. The highest BCUT2D eigenvalue weighted by Crippen LogP contribution is 2.51. The van der Waals surface area contributed by atoms with Gasteiger partial charge in [0.15, 0.2) is 0 Å². The molecule has 54 heavy (non-hydrogen) atoms. The highest BCUT2D eigenvalue weighted by molar-refractivity contribution is 6.14. The van der Waals surface area contributed by atoms with E-state index < -0.39 is 0 Å². The van der Waals surface area contributed by atoms with Gasteiger partial charge in [-0.3, -0.25) is 0 Å². The Morgan fingerprint density at radius 2 is 1.19 bits per heavy atom. The van der Waals surface area contributed by atoms with Crippen molar-refractivity contribution in [2.24, 2.45) is 0 Å². The Bertz CT molecular complexity index is 3230. The van der Waals surface area contributed by atoms with E-state index in [0.29, 0.717) is 0 Å². The lowest BCUT2D eigenvalue weighted by Gasteiger charge is -2.28. The third-order valence-electron chi connectivity index (χ3n) is 11.6. The molecule has 3 heterocycles. The summed E-state index contributed by atoms with van der Waals surface area (Å²) in [6.07, 6.45) is 6.84. The van der Waals surface area contributed by atoms with Crippen molar-refractivity contribution in [3.05, 3.63) is 194 Å². The SMILES string of the molecule is C1=CC2C(=C1)c1ccc(-c3ccc4c5ccccc5n(-c5ccccc5)c4c3)cc1N2c1cc(-c2cccc3oc4ccccc4c23)cc2ccccc12. The minimum atomic E-state index is 0.113. The largest absolute Gasteiger partial charge is 0.456 e. The van der Waals surface area contributed by atoms with Gasteiger partial charge in [-0.2, -0.15) is 0 Å². The first-order chi connectivity index (χ1) is 26.8. The molecule has 3 nitrogen and oxygen atoms in total. The number of hydrogen-bond donors (Lipinski definition) is 0. The van der Waals surface area contributed by atoms with Gasteiger partial charge in [0.25, 0.3) is 0 Å². The molecule has 252 valence electrons. The third-order valence-corrected chi connectivity index (χ3v) is 11.6. The Labute approximate surface area is 311 Å². The van der Waals surface area contributed by atoms with Crippen molar-refractivity contribution in [2.75, 3.05) is 4.90 Å². The van der Waals surface area contributed by atoms with E-state index in [1.165, 1.54) is 83.0 Å². The van der Waals surface area contributed by atoms with Crippen LogP contribution in [0.15, 0.2) is 193 Å². The number of furan rings is 1. The van der Waals surface area contributed by atoms with E-state index in [1.807, 2.05) is 6.07 Å². The molecule has 0 amide bonds. The van der Waals surface area contributed by atoms with E-state index in [-0.39, 0.29) is 6.04 Å². The van der Waals surface area contributed by atoms with Crippen molar-refractivity contribution in [1.82, 2.24) is 4.57 Å². The standard InChI is InChI=1S/C51H32N2O/c1-2-13-36(14-3-1)52-44-20-8-6-16-39(44)41-26-24-32(29-47(41)52)33-25-27-42-40-19-10-21-45(40)53(48(42)30-33)46-31-35(28-34-12-4-5-15-37(34)46)38-18-11-23-50-51(38)43-17-7-9-22-49(43)54-50/h1-31,45H. The van der Waals surface area contributed by atoms with Crippen LogP contribution in [-0.4, -0.2) is 10.6 Å². The fourth-order valence-electron chi connectivity index (χ4n) is 9.19. The summed E-state index contributed by atoms with van der Waals surface area (Å²) in [6.45, 7) is 0. The van der Waals surface area contributed by atoms with E-state index in [9.17, 15) is 0 Å². The zero-order chi connectivity index (χ0) is 35.3. The summed E-state index contributed by atoms with van der Waals surface area (Å²) in [6, 6.07) is 61.9. The van der Waals surface area contributed by atoms with Gasteiger partial charge in [-0.15, -0.1) is 0 Å². The number of para-hydroxylation sites is 3. The van der Waals surface area contributed by atoms with Crippen LogP contribution in [0.4, 0.5) is 11.4 Å². The molecule has 8 aromatic carbocycles. The van der Waals surface area contributed by atoms with Crippen LogP contribution in [-0.2, 0) is 0 Å². The summed E-state index contributed by atoms with van der Waals surface area (Å²) in [5.41, 5.74) is 15.2. The summed E-state index contributed by atoms with van der Waals surface area (Å²) in [5.74, 6) is 0. The predicted octanol–water partition coefficient (Wildman–Crippen LogP) is 13.6. The van der Waals surface area contributed by atoms with Crippen LogP contribution in [0.25, 0.3) is 88.0 Å². The molecular weight excluding hydrogens is 657 g/mol. The lowest BCUT2D eigenvalue weighted by atomic mass is 9.95. The summed E-state index contributed by atoms with van der Waals surface area (Å²) in [7, 11) is 0. The second-order valence-electron chi connectivity index (χ2n) is 14.5. The predicted molar refractivity (Wildman–Crippen MR) is 226 cm³/mol. The second-order valence-corrected chi connectivity index (χ2v) is 14.5. The quantitative estimate of drug-likeness (QED) is 0.184. The minimum absolute atomic E-state index is 0.113. The Morgan fingerprint density at radius 3 is 2.11 bits per heavy atom. The minimum Gasteiger partial charge on any atom is -0.456 e. The summed E-state index contributed by atoms with van der Waals surface area (Å²) in [5, 5.41) is 7.27. The number of hydrogen-bond acceptors (Lipinski definition) is 2. The maximum Gasteiger partial charge on any atom is 0.136 e. The van der Waals surface area contributed by atoms with Gasteiger partial charge in [0, 0.05) is 38.2 Å². The molecule has 0 spiro atoms. The molecule has 10 aromatic rings. The summed E-state index contributed by atoms with van der Waals surface area (Å²) >= 11 is 0. The van der Waals surface area contributed by atoms with Crippen LogP contribution in [0.3, 0.4) is 0 Å². The normalized spacial score (nSPS) is 14.9. The van der Waals surface area contributed by atoms with Crippen molar-refractivity contribution in [2.45, 2.75) is 6.04 Å². The molecule has 0 bridgehead atoms. The smallest absolute Gasteiger partial charge is 0.136 e. The van der Waals surface area contributed by atoms with Crippen molar-refractivity contribution < 1.29 is 4.42 Å². The average molecular weight is 689 g/mol. The zero-order valence-electron chi connectivity index (χ0n) is 29.3. The van der Waals surface area contributed by atoms with Crippen LogP contribution in [0, 0.1) is 0 Å². The molecule has 1 atom stereocenters. The van der Waals surface area contributed by atoms with Gasteiger partial charge < -0.3 is 13.9 Å². The van der Waals surface area contributed by atoms with Crippen molar-refractivity contribution >= 4 is 71.5 Å². The van der Waals surface area contributed by atoms with Crippen molar-refractivity contribution in [3.63, 3.8) is 0 Å². The van der Waals surface area contributed by atoms with E-state index >= 15 is 0 Å². The zero-order valence-corrected chi connectivity index (χ0v) is 29.3. The molecule has 0 radical (unpaired) electrons. The van der Waals surface area contributed by atoms with Crippen LogP contribution in [0.1, 0.15) is 5.56 Å². The molecule has 1 aliphatic carbocycles. The van der Waals surface area contributed by atoms with Gasteiger partial charge in [-0.05, 0) is 87.8 Å². The van der Waals surface area contributed by atoms with Crippen LogP contribution < -0.4 is 4.90 Å². The first-order valence-corrected chi connectivity index (χ1v) is 18.6. The highest BCUT2D eigenvalue weighted by Gasteiger charge is 2.36. The highest BCUT2D eigenvalue weighted by atomic mass is 16.3. The molecule has 0 saturated carbocycles. The number of nitrogens with zero attached hydrogens (tertiary/aromatic N) is 2. The molecular formula is C51H32N2O. The lowest BCUT2D eigenvalue weighted by molar-refractivity contribution is 0.669. The fourth-order valence-corrected chi connectivity index (χ4v) is 9.19. The summed E-state index contributed by atoms with van der Waals surface area (Å²) < 4.78 is 8.74. The molecule has 0 fully saturated rings. The Balaban J connectivity index is 1.06. The molecule has 1 unspecified atom stereocenters. The average Bonchev–Trinajstić information content (AvgIpc) is 4.00. The molecule has 3 heteroatoms. The van der Waals surface area contributed by atoms with Crippen LogP contribution in [0.2, 0.25) is 0 Å². The van der Waals surface area contributed by atoms with Gasteiger partial charge in [-0.25, -0.2) is 0 Å². The van der Waals surface area contributed by atoms with Crippen molar-refractivity contribution in [1.29, 1.82) is 0 Å². The maximum absolute atomic E-state index is 6.34. The van der Waals surface area contributed by atoms with Gasteiger partial charge in [0.1, 0.15) is 11.2 Å². The monoisotopic (exact) mass is 688 g/mol. The second kappa shape index (κ2) is 11.2. The molecule has 2 aliphatic rings. The van der Waals surface area contributed by atoms with E-state index in [4.69, 9.17) is 4.42 Å². The molecule has 2 aromatic heterocycles. The fraction of sp³-hybridized carbons (Fsp3) is 0.0196. The number of aromatic nitrogens is 1. The first kappa shape index (κ1) is 29.5. The van der Waals surface area contributed by atoms with E-state index in [2.05, 4.69) is 191 Å². The third kappa shape index (κ3) is 4.18. The van der Waals surface area contributed by atoms with E-state index in [0.717, 1.165) is 21.9 Å². The first-order valence-electron chi connectivity index (χ1n) is 18.6. The Hall–Kier alpha value is -7.10. The van der Waals surface area contributed by atoms with Gasteiger partial charge >= 0.3 is 0 Å². The van der Waals surface area contributed by atoms with Gasteiger partial charge in [0.05, 0.1) is 28.5 Å². The number of rotatable bonds is 4. The topological polar surface area (TPSA) is 21.3 Å². The maximum atomic E-state index is 6.34. The number of anilines is 2. The molecule has 1 aliphatic heterocycles. The van der Waals surface area contributed by atoms with Crippen LogP contribution in [0.5, 0.6) is 0 Å². The molecule has 12 rings (SSSR count). The van der Waals surface area contributed by atoms with Gasteiger partial charge in [0.2, 0.25) is 0 Å². The molecule has 0 N–H and O–H groups in total. The van der Waals surface area contributed by atoms with Gasteiger partial charge in [-0.1, -0.05) is 133 Å². The van der Waals surface area contributed by atoms with Crippen molar-refractivity contribution in [3.8, 4) is 27.9 Å². The van der Waals surface area contributed by atoms with Crippen LogP contribution >= 0.6 is 0 Å². The Kier molecular flexibility index (Phi) is 6.11. The number of fused-ring (bicyclic) bond motifs is 10.